The van der Waals surface area contributed by atoms with E-state index in [1.54, 1.807) is 24.3 Å². The maximum Gasteiger partial charge on any atom is 0.181 e. The van der Waals surface area contributed by atoms with Gasteiger partial charge in [-0.15, -0.1) is 0 Å². The highest BCUT2D eigenvalue weighted by Gasteiger charge is 2.21. The van der Waals surface area contributed by atoms with Gasteiger partial charge in [0.25, 0.3) is 0 Å². The zero-order chi connectivity index (χ0) is 12.5. The number of aryl methyl sites for hydroxylation is 1. The lowest BCUT2D eigenvalue weighted by atomic mass is 10.0. The molecule has 5 heteroatoms. The lowest BCUT2D eigenvalue weighted by Crippen LogP contribution is -2.23. The maximum absolute atomic E-state index is 9.26. The summed E-state index contributed by atoms with van der Waals surface area (Å²) in [4.78, 5) is 4.51. The Morgan fingerprint density at radius 1 is 1.28 bits per heavy atom. The van der Waals surface area contributed by atoms with E-state index >= 15 is 0 Å². The molecule has 0 radical (unpaired) electrons. The van der Waals surface area contributed by atoms with Gasteiger partial charge in [-0.1, -0.05) is 0 Å². The molecule has 1 aromatic carbocycles. The van der Waals surface area contributed by atoms with E-state index in [1.807, 2.05) is 4.68 Å². The summed E-state index contributed by atoms with van der Waals surface area (Å²) in [5.41, 5.74) is 0.898. The molecule has 2 heterocycles. The van der Waals surface area contributed by atoms with Crippen LogP contribution < -0.4 is 0 Å². The van der Waals surface area contributed by atoms with Crippen molar-refractivity contribution in [2.24, 2.45) is 5.92 Å². The second-order valence-corrected chi connectivity index (χ2v) is 4.67. The Balaban J connectivity index is 1.91. The molecule has 0 saturated heterocycles. The minimum Gasteiger partial charge on any atom is -0.508 e. The fourth-order valence-corrected chi connectivity index (χ4v) is 2.26. The van der Waals surface area contributed by atoms with Gasteiger partial charge in [0.2, 0.25) is 0 Å². The van der Waals surface area contributed by atoms with Crippen LogP contribution in [0, 0.1) is 5.92 Å². The highest BCUT2D eigenvalue weighted by atomic mass is 16.3. The van der Waals surface area contributed by atoms with Crippen molar-refractivity contribution in [1.29, 1.82) is 0 Å². The summed E-state index contributed by atoms with van der Waals surface area (Å²) in [6, 6.07) is 6.87. The van der Waals surface area contributed by atoms with Crippen molar-refractivity contribution >= 4 is 0 Å². The molecule has 5 nitrogen and oxygen atoms in total. The average molecular weight is 245 g/mol. The Morgan fingerprint density at radius 3 is 2.78 bits per heavy atom. The molecule has 1 aromatic heterocycles. The molecule has 0 aliphatic carbocycles. The van der Waals surface area contributed by atoms with Gasteiger partial charge in [-0.25, -0.2) is 9.67 Å². The number of aliphatic hydroxyl groups is 1. The fourth-order valence-electron chi connectivity index (χ4n) is 2.26. The average Bonchev–Trinajstić information content (AvgIpc) is 2.82. The molecule has 1 aliphatic heterocycles. The molecule has 94 valence electrons. The number of phenolic OH excluding ortho intramolecular Hbond substituents is 1. The molecule has 3 rings (SSSR count). The molecule has 0 spiro atoms. The molecule has 0 amide bonds. The SMILES string of the molecule is OCC1CCc2nc(-c3ccc(O)cc3)nn2C1. The van der Waals surface area contributed by atoms with E-state index in [1.165, 1.54) is 0 Å². The summed E-state index contributed by atoms with van der Waals surface area (Å²) in [5, 5.41) is 22.9. The van der Waals surface area contributed by atoms with Crippen LogP contribution in [0.4, 0.5) is 0 Å². The molecule has 1 atom stereocenters. The second-order valence-electron chi connectivity index (χ2n) is 4.67. The number of rotatable bonds is 2. The molecule has 0 bridgehead atoms. The number of hydrogen-bond acceptors (Lipinski definition) is 4. The lowest BCUT2D eigenvalue weighted by Gasteiger charge is -2.19. The third-order valence-electron chi connectivity index (χ3n) is 3.34. The number of hydrogen-bond donors (Lipinski definition) is 2. The van der Waals surface area contributed by atoms with Gasteiger partial charge in [-0.05, 0) is 30.7 Å². The summed E-state index contributed by atoms with van der Waals surface area (Å²) < 4.78 is 1.88. The van der Waals surface area contributed by atoms with Crippen LogP contribution in [0.5, 0.6) is 5.75 Å². The molecule has 1 aliphatic rings. The van der Waals surface area contributed by atoms with E-state index in [4.69, 9.17) is 0 Å². The van der Waals surface area contributed by atoms with Gasteiger partial charge in [-0.3, -0.25) is 0 Å². The third kappa shape index (κ3) is 1.97. The summed E-state index contributed by atoms with van der Waals surface area (Å²) >= 11 is 0. The third-order valence-corrected chi connectivity index (χ3v) is 3.34. The fraction of sp³-hybridized carbons (Fsp3) is 0.385. The Morgan fingerprint density at radius 2 is 2.06 bits per heavy atom. The van der Waals surface area contributed by atoms with Crippen LogP contribution in [0.1, 0.15) is 12.2 Å². The van der Waals surface area contributed by atoms with Gasteiger partial charge < -0.3 is 10.2 Å². The Kier molecular flexibility index (Phi) is 2.76. The molecular weight excluding hydrogens is 230 g/mol. The van der Waals surface area contributed by atoms with Crippen LogP contribution in [0.25, 0.3) is 11.4 Å². The van der Waals surface area contributed by atoms with Crippen LogP contribution in [-0.4, -0.2) is 31.6 Å². The summed E-state index contributed by atoms with van der Waals surface area (Å²) in [5.74, 6) is 2.18. The highest BCUT2D eigenvalue weighted by molar-refractivity contribution is 5.55. The Labute approximate surface area is 105 Å². The van der Waals surface area contributed by atoms with Crippen LogP contribution in [0.3, 0.4) is 0 Å². The van der Waals surface area contributed by atoms with Gasteiger partial charge in [-0.2, -0.15) is 5.10 Å². The normalized spacial score (nSPS) is 18.6. The molecule has 18 heavy (non-hydrogen) atoms. The summed E-state index contributed by atoms with van der Waals surface area (Å²) in [6.45, 7) is 0.935. The van der Waals surface area contributed by atoms with Crippen LogP contribution in [0.2, 0.25) is 0 Å². The van der Waals surface area contributed by atoms with Crippen molar-refractivity contribution in [1.82, 2.24) is 14.8 Å². The zero-order valence-electron chi connectivity index (χ0n) is 9.95. The lowest BCUT2D eigenvalue weighted by molar-refractivity contribution is 0.185. The van der Waals surface area contributed by atoms with E-state index in [9.17, 15) is 10.2 Å². The first-order valence-electron chi connectivity index (χ1n) is 6.10. The van der Waals surface area contributed by atoms with Crippen molar-refractivity contribution in [2.45, 2.75) is 19.4 Å². The largest absolute Gasteiger partial charge is 0.508 e. The number of nitrogens with zero attached hydrogens (tertiary/aromatic N) is 3. The van der Waals surface area contributed by atoms with Crippen LogP contribution in [-0.2, 0) is 13.0 Å². The van der Waals surface area contributed by atoms with E-state index in [0.717, 1.165) is 30.8 Å². The number of aromatic hydroxyl groups is 1. The smallest absolute Gasteiger partial charge is 0.181 e. The number of fused-ring (bicyclic) bond motifs is 1. The van der Waals surface area contributed by atoms with E-state index in [0.29, 0.717) is 5.82 Å². The predicted molar refractivity (Wildman–Crippen MR) is 66.0 cm³/mol. The number of benzene rings is 1. The quantitative estimate of drug-likeness (QED) is 0.834. The number of aromatic nitrogens is 3. The zero-order valence-corrected chi connectivity index (χ0v) is 9.95. The molecule has 2 aromatic rings. The second kappa shape index (κ2) is 4.42. The summed E-state index contributed by atoms with van der Waals surface area (Å²) in [6.07, 6.45) is 1.82. The standard InChI is InChI=1S/C13H15N3O2/c17-8-9-1-6-12-14-13(15-16(12)7-9)10-2-4-11(18)5-3-10/h2-5,9,17-18H,1,6-8H2. The van der Waals surface area contributed by atoms with Gasteiger partial charge >= 0.3 is 0 Å². The van der Waals surface area contributed by atoms with Crippen LogP contribution in [0.15, 0.2) is 24.3 Å². The number of phenols is 1. The highest BCUT2D eigenvalue weighted by Crippen LogP contribution is 2.23. The van der Waals surface area contributed by atoms with Gasteiger partial charge in [0, 0.05) is 31.1 Å². The Bertz CT molecular complexity index is 548. The first kappa shape index (κ1) is 11.2. The Hall–Kier alpha value is -1.88. The number of aliphatic hydroxyl groups excluding tert-OH is 1. The molecule has 0 fully saturated rings. The van der Waals surface area contributed by atoms with Gasteiger partial charge in [0.05, 0.1) is 0 Å². The minimum atomic E-state index is 0.202. The van der Waals surface area contributed by atoms with Crippen molar-refractivity contribution in [2.75, 3.05) is 6.61 Å². The van der Waals surface area contributed by atoms with Crippen LogP contribution >= 0.6 is 0 Å². The topological polar surface area (TPSA) is 71.2 Å². The van der Waals surface area contributed by atoms with Crippen molar-refractivity contribution in [3.8, 4) is 17.1 Å². The maximum atomic E-state index is 9.26. The molecular formula is C13H15N3O2. The van der Waals surface area contributed by atoms with Crippen molar-refractivity contribution in [3.63, 3.8) is 0 Å². The first-order chi connectivity index (χ1) is 8.76. The van der Waals surface area contributed by atoms with E-state index in [2.05, 4.69) is 10.1 Å². The molecule has 0 saturated carbocycles. The van der Waals surface area contributed by atoms with Crippen molar-refractivity contribution < 1.29 is 10.2 Å². The predicted octanol–water partition coefficient (Wildman–Crippen LogP) is 1.21. The minimum absolute atomic E-state index is 0.202. The first-order valence-corrected chi connectivity index (χ1v) is 6.10. The molecule has 1 unspecified atom stereocenters. The monoisotopic (exact) mass is 245 g/mol. The van der Waals surface area contributed by atoms with Gasteiger partial charge in [0.1, 0.15) is 11.6 Å². The molecule has 2 N–H and O–H groups in total. The van der Waals surface area contributed by atoms with Gasteiger partial charge in [0.15, 0.2) is 5.82 Å². The van der Waals surface area contributed by atoms with E-state index in [-0.39, 0.29) is 18.3 Å². The van der Waals surface area contributed by atoms with E-state index < -0.39 is 0 Å². The summed E-state index contributed by atoms with van der Waals surface area (Å²) in [7, 11) is 0. The van der Waals surface area contributed by atoms with Crippen molar-refractivity contribution in [3.05, 3.63) is 30.1 Å².